The second-order valence-electron chi connectivity index (χ2n) is 4.25. The van der Waals surface area contributed by atoms with Crippen molar-refractivity contribution in [1.29, 1.82) is 0 Å². The quantitative estimate of drug-likeness (QED) is 0.351. The zero-order valence-corrected chi connectivity index (χ0v) is 11.7. The van der Waals surface area contributed by atoms with Crippen molar-refractivity contribution in [3.8, 4) is 5.75 Å². The molecule has 106 valence electrons. The largest absolute Gasteiger partial charge is 0.492 e. The van der Waals surface area contributed by atoms with E-state index in [4.69, 9.17) is 15.7 Å². The molecule has 0 bridgehead atoms. The molecule has 19 heavy (non-hydrogen) atoms. The number of oxime groups is 1. The Hall–Kier alpha value is -1.76. The van der Waals surface area contributed by atoms with Gasteiger partial charge < -0.3 is 15.7 Å². The first-order valence-electron chi connectivity index (χ1n) is 5.79. The zero-order valence-electron chi connectivity index (χ0n) is 10.9. The Morgan fingerprint density at radius 3 is 2.63 bits per heavy atom. The van der Waals surface area contributed by atoms with Crippen LogP contribution in [0.2, 0.25) is 0 Å². The molecule has 0 radical (unpaired) electrons. The third kappa shape index (κ3) is 4.13. The lowest BCUT2D eigenvalue weighted by Gasteiger charge is -2.11. The van der Waals surface area contributed by atoms with Crippen molar-refractivity contribution in [3.63, 3.8) is 0 Å². The topological polar surface area (TPSA) is 102 Å². The van der Waals surface area contributed by atoms with Gasteiger partial charge in [-0.15, -0.1) is 0 Å². The van der Waals surface area contributed by atoms with Crippen LogP contribution in [-0.2, 0) is 9.84 Å². The van der Waals surface area contributed by atoms with Gasteiger partial charge in [-0.1, -0.05) is 17.3 Å². The summed E-state index contributed by atoms with van der Waals surface area (Å²) >= 11 is 0. The van der Waals surface area contributed by atoms with Crippen LogP contribution in [0.25, 0.3) is 0 Å². The van der Waals surface area contributed by atoms with E-state index in [1.807, 2.05) is 0 Å². The van der Waals surface area contributed by atoms with E-state index in [2.05, 4.69) is 5.16 Å². The molecule has 1 rings (SSSR count). The van der Waals surface area contributed by atoms with E-state index in [1.165, 1.54) is 0 Å². The molecule has 0 saturated carbocycles. The van der Waals surface area contributed by atoms with E-state index in [9.17, 15) is 8.42 Å². The molecule has 7 heteroatoms. The first kappa shape index (κ1) is 15.3. The molecule has 6 nitrogen and oxygen atoms in total. The van der Waals surface area contributed by atoms with Crippen LogP contribution in [0.5, 0.6) is 5.75 Å². The van der Waals surface area contributed by atoms with Gasteiger partial charge in [-0.05, 0) is 26.0 Å². The van der Waals surface area contributed by atoms with Crippen molar-refractivity contribution in [3.05, 3.63) is 29.8 Å². The highest BCUT2D eigenvalue weighted by Gasteiger charge is 2.16. The number of rotatable bonds is 6. The fraction of sp³-hybridized carbons (Fsp3) is 0.417. The summed E-state index contributed by atoms with van der Waals surface area (Å²) in [4.78, 5) is 0. The summed E-state index contributed by atoms with van der Waals surface area (Å²) in [7, 11) is -3.14. The van der Waals surface area contributed by atoms with Gasteiger partial charge >= 0.3 is 0 Å². The van der Waals surface area contributed by atoms with Gasteiger partial charge in [-0.25, -0.2) is 8.42 Å². The van der Waals surface area contributed by atoms with E-state index >= 15 is 0 Å². The molecule has 0 fully saturated rings. The summed E-state index contributed by atoms with van der Waals surface area (Å²) < 4.78 is 28.6. The lowest BCUT2D eigenvalue weighted by atomic mass is 10.2. The average molecular weight is 286 g/mol. The van der Waals surface area contributed by atoms with Crippen LogP contribution >= 0.6 is 0 Å². The molecular formula is C12H18N2O4S. The van der Waals surface area contributed by atoms with Gasteiger partial charge in [0.25, 0.3) is 0 Å². The first-order valence-corrected chi connectivity index (χ1v) is 7.51. The summed E-state index contributed by atoms with van der Waals surface area (Å²) in [6.07, 6.45) is 0. The number of nitrogens with two attached hydrogens (primary N) is 1. The third-order valence-corrected chi connectivity index (χ3v) is 4.79. The van der Waals surface area contributed by atoms with E-state index < -0.39 is 15.1 Å². The minimum Gasteiger partial charge on any atom is -0.492 e. The van der Waals surface area contributed by atoms with E-state index in [1.54, 1.807) is 38.1 Å². The van der Waals surface area contributed by atoms with Crippen molar-refractivity contribution in [2.24, 2.45) is 10.9 Å². The SMILES string of the molecule is CC(C)S(=O)(=O)CCOc1ccccc1/C(N)=N/O. The number of para-hydroxylation sites is 1. The van der Waals surface area contributed by atoms with E-state index in [-0.39, 0.29) is 18.2 Å². The summed E-state index contributed by atoms with van der Waals surface area (Å²) in [6, 6.07) is 6.70. The van der Waals surface area contributed by atoms with Crippen molar-refractivity contribution >= 4 is 15.7 Å². The molecule has 0 aromatic heterocycles. The Bertz CT molecular complexity index is 553. The maximum Gasteiger partial charge on any atom is 0.173 e. The molecule has 1 aromatic rings. The van der Waals surface area contributed by atoms with Crippen LogP contribution in [0.15, 0.2) is 29.4 Å². The summed E-state index contributed by atoms with van der Waals surface area (Å²) in [5, 5.41) is 11.1. The van der Waals surface area contributed by atoms with E-state index in [0.717, 1.165) is 0 Å². The van der Waals surface area contributed by atoms with Gasteiger partial charge in [-0.3, -0.25) is 0 Å². The Morgan fingerprint density at radius 2 is 2.05 bits per heavy atom. The average Bonchev–Trinajstić information content (AvgIpc) is 2.38. The Kier molecular flexibility index (Phi) is 5.17. The minimum atomic E-state index is -3.14. The smallest absolute Gasteiger partial charge is 0.173 e. The highest BCUT2D eigenvalue weighted by molar-refractivity contribution is 7.91. The molecule has 0 aliphatic rings. The van der Waals surface area contributed by atoms with Gasteiger partial charge in [0.15, 0.2) is 15.7 Å². The molecule has 0 unspecified atom stereocenters. The Labute approximate surface area is 112 Å². The highest BCUT2D eigenvalue weighted by Crippen LogP contribution is 2.17. The molecule has 0 atom stereocenters. The number of sulfone groups is 1. The van der Waals surface area contributed by atoms with Crippen LogP contribution in [0.3, 0.4) is 0 Å². The van der Waals surface area contributed by atoms with Crippen LogP contribution in [0.1, 0.15) is 19.4 Å². The number of amidine groups is 1. The predicted octanol–water partition coefficient (Wildman–Crippen LogP) is 0.983. The monoisotopic (exact) mass is 286 g/mol. The fourth-order valence-corrected chi connectivity index (χ4v) is 2.15. The Morgan fingerprint density at radius 1 is 1.42 bits per heavy atom. The lowest BCUT2D eigenvalue weighted by Crippen LogP contribution is -2.22. The second-order valence-corrected chi connectivity index (χ2v) is 6.92. The lowest BCUT2D eigenvalue weighted by molar-refractivity contribution is 0.317. The van der Waals surface area contributed by atoms with Crippen LogP contribution < -0.4 is 10.5 Å². The summed E-state index contributed by atoms with van der Waals surface area (Å²) in [5.41, 5.74) is 5.93. The molecule has 1 aromatic carbocycles. The number of hydrogen-bond donors (Lipinski definition) is 2. The van der Waals surface area contributed by atoms with Gasteiger partial charge in [0.05, 0.1) is 16.6 Å². The van der Waals surface area contributed by atoms with Crippen molar-refractivity contribution in [2.45, 2.75) is 19.1 Å². The van der Waals surface area contributed by atoms with Gasteiger partial charge in [0.2, 0.25) is 0 Å². The van der Waals surface area contributed by atoms with Crippen LogP contribution in [0.4, 0.5) is 0 Å². The number of hydrogen-bond acceptors (Lipinski definition) is 5. The number of nitrogens with zero attached hydrogens (tertiary/aromatic N) is 1. The number of benzene rings is 1. The van der Waals surface area contributed by atoms with Crippen LogP contribution in [-0.4, -0.2) is 37.1 Å². The van der Waals surface area contributed by atoms with Crippen molar-refractivity contribution < 1.29 is 18.4 Å². The van der Waals surface area contributed by atoms with Crippen molar-refractivity contribution in [1.82, 2.24) is 0 Å². The number of ether oxygens (including phenoxy) is 1. The van der Waals surface area contributed by atoms with Crippen LogP contribution in [0, 0.1) is 0 Å². The normalized spacial score (nSPS) is 12.7. The molecule has 0 aliphatic carbocycles. The molecular weight excluding hydrogens is 268 g/mol. The second kappa shape index (κ2) is 6.42. The first-order chi connectivity index (χ1) is 8.88. The predicted molar refractivity (Wildman–Crippen MR) is 73.4 cm³/mol. The maximum atomic E-state index is 11.6. The molecule has 0 saturated heterocycles. The standard InChI is InChI=1S/C12H18N2O4S/c1-9(2)19(16,17)8-7-18-11-6-4-3-5-10(11)12(13)14-15/h3-6,9,15H,7-8H2,1-2H3,(H2,13,14). The van der Waals surface area contributed by atoms with Gasteiger partial charge in [0.1, 0.15) is 12.4 Å². The highest BCUT2D eigenvalue weighted by atomic mass is 32.2. The maximum absolute atomic E-state index is 11.6. The molecule has 3 N–H and O–H groups in total. The van der Waals surface area contributed by atoms with Gasteiger partial charge in [-0.2, -0.15) is 0 Å². The molecule has 0 aliphatic heterocycles. The summed E-state index contributed by atoms with van der Waals surface area (Å²) in [5.74, 6) is 0.230. The van der Waals surface area contributed by atoms with Gasteiger partial charge in [0, 0.05) is 0 Å². The molecule has 0 spiro atoms. The molecule has 0 heterocycles. The minimum absolute atomic E-state index is 0.0240. The third-order valence-electron chi connectivity index (χ3n) is 2.61. The summed E-state index contributed by atoms with van der Waals surface area (Å²) in [6.45, 7) is 3.27. The fourth-order valence-electron chi connectivity index (χ4n) is 1.36. The van der Waals surface area contributed by atoms with Crippen molar-refractivity contribution in [2.75, 3.05) is 12.4 Å². The zero-order chi connectivity index (χ0) is 14.5. The molecule has 0 amide bonds. The van der Waals surface area contributed by atoms with E-state index in [0.29, 0.717) is 11.3 Å². The Balaban J connectivity index is 2.75.